The zero-order valence-corrected chi connectivity index (χ0v) is 12.0. The van der Waals surface area contributed by atoms with Crippen molar-refractivity contribution in [1.82, 2.24) is 0 Å². The molecule has 0 amide bonds. The summed E-state index contributed by atoms with van der Waals surface area (Å²) in [5, 5.41) is 0.840. The molecule has 0 unspecified atom stereocenters. The lowest BCUT2D eigenvalue weighted by Gasteiger charge is -2.28. The number of hydrogen-bond donors (Lipinski definition) is 0. The summed E-state index contributed by atoms with van der Waals surface area (Å²) in [5.41, 5.74) is 1.47. The van der Waals surface area contributed by atoms with Crippen LogP contribution in [0.5, 0.6) is 0 Å². The van der Waals surface area contributed by atoms with E-state index in [1.54, 1.807) is 7.11 Å². The van der Waals surface area contributed by atoms with Gasteiger partial charge in [0.15, 0.2) is 0 Å². The number of ether oxygens (including phenoxy) is 1. The van der Waals surface area contributed by atoms with Gasteiger partial charge < -0.3 is 4.74 Å². The number of rotatable bonds is 5. The first-order chi connectivity index (χ1) is 8.79. The molecule has 1 aliphatic rings. The van der Waals surface area contributed by atoms with Crippen LogP contribution in [0.3, 0.4) is 0 Å². The highest BCUT2D eigenvalue weighted by molar-refractivity contribution is 6.30. The van der Waals surface area contributed by atoms with Crippen molar-refractivity contribution in [2.24, 2.45) is 5.92 Å². The van der Waals surface area contributed by atoms with Crippen LogP contribution in [0, 0.1) is 5.92 Å². The first-order valence-electron chi connectivity index (χ1n) is 7.04. The van der Waals surface area contributed by atoms with Gasteiger partial charge >= 0.3 is 0 Å². The van der Waals surface area contributed by atoms with Crippen LogP contribution in [0.25, 0.3) is 0 Å². The van der Waals surface area contributed by atoms with Crippen molar-refractivity contribution in [3.05, 3.63) is 34.9 Å². The molecule has 0 atom stereocenters. The topological polar surface area (TPSA) is 9.23 Å². The normalized spacial score (nSPS) is 24.1. The van der Waals surface area contributed by atoms with Crippen LogP contribution in [0.2, 0.25) is 5.02 Å². The van der Waals surface area contributed by atoms with Crippen molar-refractivity contribution in [1.29, 1.82) is 0 Å². The lowest BCUT2D eigenvalue weighted by molar-refractivity contribution is 0.180. The predicted octanol–water partition coefficient (Wildman–Crippen LogP) is 5.04. The fourth-order valence-corrected chi connectivity index (χ4v) is 3.16. The molecule has 1 fully saturated rings. The fraction of sp³-hybridized carbons (Fsp3) is 0.625. The maximum Gasteiger partial charge on any atom is 0.0462 e. The Kier molecular flexibility index (Phi) is 5.52. The van der Waals surface area contributed by atoms with Gasteiger partial charge in [0.05, 0.1) is 0 Å². The maximum atomic E-state index is 5.93. The average Bonchev–Trinajstić information content (AvgIpc) is 2.41. The zero-order chi connectivity index (χ0) is 12.8. The molecule has 2 heteroatoms. The Balaban J connectivity index is 1.77. The van der Waals surface area contributed by atoms with E-state index < -0.39 is 0 Å². The molecule has 1 saturated carbocycles. The summed E-state index contributed by atoms with van der Waals surface area (Å²) in [6.45, 7) is 0.914. The highest BCUT2D eigenvalue weighted by Crippen LogP contribution is 2.37. The minimum atomic E-state index is 0.751. The van der Waals surface area contributed by atoms with Crippen molar-refractivity contribution in [2.45, 2.75) is 44.4 Å². The summed E-state index contributed by atoms with van der Waals surface area (Å²) >= 11 is 5.93. The summed E-state index contributed by atoms with van der Waals surface area (Å²) < 4.78 is 5.12. The minimum absolute atomic E-state index is 0.751. The SMILES string of the molecule is COCCCC1CCC(c2ccc(Cl)cc2)CC1. The molecule has 0 aromatic heterocycles. The Bertz CT molecular complexity index is 339. The average molecular weight is 267 g/mol. The lowest BCUT2D eigenvalue weighted by atomic mass is 9.77. The smallest absolute Gasteiger partial charge is 0.0462 e. The molecule has 0 saturated heterocycles. The van der Waals surface area contributed by atoms with Crippen molar-refractivity contribution < 1.29 is 4.74 Å². The molecule has 0 radical (unpaired) electrons. The highest BCUT2D eigenvalue weighted by Gasteiger charge is 2.21. The molecular formula is C16H23ClO. The van der Waals surface area contributed by atoms with Crippen LogP contribution in [0.15, 0.2) is 24.3 Å². The van der Waals surface area contributed by atoms with E-state index >= 15 is 0 Å². The van der Waals surface area contributed by atoms with E-state index in [4.69, 9.17) is 16.3 Å². The van der Waals surface area contributed by atoms with E-state index in [-0.39, 0.29) is 0 Å². The lowest BCUT2D eigenvalue weighted by Crippen LogP contribution is -2.13. The second kappa shape index (κ2) is 7.16. The Labute approximate surface area is 115 Å². The number of methoxy groups -OCH3 is 1. The Morgan fingerprint density at radius 2 is 1.78 bits per heavy atom. The molecule has 2 rings (SSSR count). The molecule has 0 N–H and O–H groups in total. The molecular weight excluding hydrogens is 244 g/mol. The summed E-state index contributed by atoms with van der Waals surface area (Å²) in [6, 6.07) is 8.42. The molecule has 1 aromatic carbocycles. The molecule has 1 aromatic rings. The van der Waals surface area contributed by atoms with Crippen LogP contribution in [-0.4, -0.2) is 13.7 Å². The van der Waals surface area contributed by atoms with E-state index in [2.05, 4.69) is 12.1 Å². The third-order valence-corrected chi connectivity index (χ3v) is 4.40. The fourth-order valence-electron chi connectivity index (χ4n) is 3.04. The Morgan fingerprint density at radius 1 is 1.11 bits per heavy atom. The van der Waals surface area contributed by atoms with Gasteiger partial charge in [-0.05, 0) is 68.1 Å². The summed E-state index contributed by atoms with van der Waals surface area (Å²) in [6.07, 6.45) is 7.96. The van der Waals surface area contributed by atoms with Crippen molar-refractivity contribution in [3.8, 4) is 0 Å². The molecule has 0 bridgehead atoms. The van der Waals surface area contributed by atoms with E-state index in [0.29, 0.717) is 0 Å². The number of hydrogen-bond acceptors (Lipinski definition) is 1. The van der Waals surface area contributed by atoms with Gasteiger partial charge in [-0.2, -0.15) is 0 Å². The molecule has 1 aliphatic carbocycles. The van der Waals surface area contributed by atoms with E-state index in [0.717, 1.165) is 23.5 Å². The van der Waals surface area contributed by atoms with Crippen LogP contribution in [-0.2, 0) is 4.74 Å². The van der Waals surface area contributed by atoms with Gasteiger partial charge in [0.1, 0.15) is 0 Å². The van der Waals surface area contributed by atoms with E-state index in [9.17, 15) is 0 Å². The quantitative estimate of drug-likeness (QED) is 0.679. The molecule has 0 aliphatic heterocycles. The maximum absolute atomic E-state index is 5.93. The largest absolute Gasteiger partial charge is 0.385 e. The third kappa shape index (κ3) is 4.00. The van der Waals surface area contributed by atoms with E-state index in [1.165, 1.54) is 44.1 Å². The van der Waals surface area contributed by atoms with Gasteiger partial charge in [-0.25, -0.2) is 0 Å². The Morgan fingerprint density at radius 3 is 2.39 bits per heavy atom. The molecule has 18 heavy (non-hydrogen) atoms. The molecule has 0 heterocycles. The van der Waals surface area contributed by atoms with Crippen LogP contribution in [0.4, 0.5) is 0 Å². The minimum Gasteiger partial charge on any atom is -0.385 e. The summed E-state index contributed by atoms with van der Waals surface area (Å²) in [4.78, 5) is 0. The highest BCUT2D eigenvalue weighted by atomic mass is 35.5. The third-order valence-electron chi connectivity index (χ3n) is 4.15. The standard InChI is InChI=1S/C16H23ClO/c1-18-12-2-3-13-4-6-14(7-5-13)15-8-10-16(17)11-9-15/h8-11,13-14H,2-7,12H2,1H3. The first-order valence-corrected chi connectivity index (χ1v) is 7.42. The van der Waals surface area contributed by atoms with Crippen molar-refractivity contribution in [2.75, 3.05) is 13.7 Å². The van der Waals surface area contributed by atoms with Crippen molar-refractivity contribution in [3.63, 3.8) is 0 Å². The monoisotopic (exact) mass is 266 g/mol. The number of benzene rings is 1. The van der Waals surface area contributed by atoms with Crippen LogP contribution >= 0.6 is 11.6 Å². The Hall–Kier alpha value is -0.530. The van der Waals surface area contributed by atoms with Gasteiger partial charge in [0.25, 0.3) is 0 Å². The predicted molar refractivity (Wildman–Crippen MR) is 77.3 cm³/mol. The van der Waals surface area contributed by atoms with Crippen LogP contribution in [0.1, 0.15) is 50.0 Å². The van der Waals surface area contributed by atoms with Gasteiger partial charge in [-0.3, -0.25) is 0 Å². The molecule has 0 spiro atoms. The zero-order valence-electron chi connectivity index (χ0n) is 11.2. The molecule has 100 valence electrons. The first kappa shape index (κ1) is 13.9. The van der Waals surface area contributed by atoms with Crippen molar-refractivity contribution >= 4 is 11.6 Å². The van der Waals surface area contributed by atoms with Gasteiger partial charge in [0.2, 0.25) is 0 Å². The van der Waals surface area contributed by atoms with Gasteiger partial charge in [-0.15, -0.1) is 0 Å². The van der Waals surface area contributed by atoms with Gasteiger partial charge in [0, 0.05) is 18.7 Å². The molecule has 1 nitrogen and oxygen atoms in total. The van der Waals surface area contributed by atoms with Gasteiger partial charge in [-0.1, -0.05) is 23.7 Å². The summed E-state index contributed by atoms with van der Waals surface area (Å²) in [5.74, 6) is 1.67. The second-order valence-corrected chi connectivity index (χ2v) is 5.84. The number of halogens is 1. The summed E-state index contributed by atoms with van der Waals surface area (Å²) in [7, 11) is 1.79. The second-order valence-electron chi connectivity index (χ2n) is 5.40. The van der Waals surface area contributed by atoms with E-state index in [1.807, 2.05) is 12.1 Å². The van der Waals surface area contributed by atoms with Crippen LogP contribution < -0.4 is 0 Å².